The number of aliphatic hydroxyl groups is 2. The second-order valence-corrected chi connectivity index (χ2v) is 4.12. The van der Waals surface area contributed by atoms with Gasteiger partial charge in [-0.05, 0) is 38.1 Å². The molecule has 1 aromatic carbocycles. The minimum Gasteiger partial charge on any atom is -0.508 e. The van der Waals surface area contributed by atoms with Crippen LogP contribution in [0, 0.1) is 0 Å². The monoisotopic (exact) mass is 225 g/mol. The summed E-state index contributed by atoms with van der Waals surface area (Å²) >= 11 is 0. The maximum absolute atomic E-state index is 9.38. The number of aliphatic hydroxyl groups excluding tert-OH is 2. The lowest BCUT2D eigenvalue weighted by atomic mass is 10.2. The Kier molecular flexibility index (Phi) is 4.58. The predicted octanol–water partition coefficient (Wildman–Crippen LogP) is 0.960. The number of hydrogen-bond donors (Lipinski definition) is 3. The van der Waals surface area contributed by atoms with Crippen molar-refractivity contribution in [3.05, 3.63) is 24.3 Å². The van der Waals surface area contributed by atoms with E-state index in [1.165, 1.54) is 0 Å². The molecule has 0 amide bonds. The minimum absolute atomic E-state index is 0.206. The van der Waals surface area contributed by atoms with Crippen molar-refractivity contribution < 1.29 is 15.3 Å². The molecular weight excluding hydrogens is 206 g/mol. The van der Waals surface area contributed by atoms with Crippen molar-refractivity contribution in [2.45, 2.75) is 26.1 Å². The molecule has 0 aliphatic carbocycles. The van der Waals surface area contributed by atoms with Crippen LogP contribution in [-0.2, 0) is 0 Å². The molecule has 0 saturated heterocycles. The molecule has 3 N–H and O–H groups in total. The van der Waals surface area contributed by atoms with Crippen LogP contribution < -0.4 is 4.90 Å². The van der Waals surface area contributed by atoms with Gasteiger partial charge in [0, 0.05) is 18.8 Å². The van der Waals surface area contributed by atoms with Gasteiger partial charge in [0.2, 0.25) is 0 Å². The zero-order valence-electron chi connectivity index (χ0n) is 9.67. The highest BCUT2D eigenvalue weighted by Gasteiger charge is 2.11. The van der Waals surface area contributed by atoms with Gasteiger partial charge in [-0.2, -0.15) is 0 Å². The molecule has 4 heteroatoms. The van der Waals surface area contributed by atoms with E-state index in [0.717, 1.165) is 5.69 Å². The first-order chi connectivity index (χ1) is 7.49. The molecule has 0 heterocycles. The van der Waals surface area contributed by atoms with Gasteiger partial charge in [0.25, 0.3) is 0 Å². The van der Waals surface area contributed by atoms with E-state index in [4.69, 9.17) is 0 Å². The number of aromatic hydroxyl groups is 1. The van der Waals surface area contributed by atoms with E-state index < -0.39 is 12.2 Å². The van der Waals surface area contributed by atoms with Gasteiger partial charge in [-0.25, -0.2) is 0 Å². The molecule has 4 nitrogen and oxygen atoms in total. The van der Waals surface area contributed by atoms with Gasteiger partial charge in [-0.1, -0.05) is 0 Å². The average Bonchev–Trinajstić information content (AvgIpc) is 2.16. The Morgan fingerprint density at radius 1 is 1.00 bits per heavy atom. The third-order valence-electron chi connectivity index (χ3n) is 2.18. The SMILES string of the molecule is CC(O)CN(CC(C)O)c1ccc(O)cc1. The predicted molar refractivity (Wildman–Crippen MR) is 63.7 cm³/mol. The third kappa shape index (κ3) is 4.08. The summed E-state index contributed by atoms with van der Waals surface area (Å²) in [6, 6.07) is 6.71. The first-order valence-corrected chi connectivity index (χ1v) is 5.39. The highest BCUT2D eigenvalue weighted by molar-refractivity contribution is 5.49. The van der Waals surface area contributed by atoms with Gasteiger partial charge in [0.05, 0.1) is 12.2 Å². The van der Waals surface area contributed by atoms with Crippen LogP contribution in [0.4, 0.5) is 5.69 Å². The fourth-order valence-electron chi connectivity index (χ4n) is 1.59. The quantitative estimate of drug-likeness (QED) is 0.698. The van der Waals surface area contributed by atoms with E-state index >= 15 is 0 Å². The van der Waals surface area contributed by atoms with Crippen molar-refractivity contribution in [1.29, 1.82) is 0 Å². The Bertz CT molecular complexity index is 299. The first-order valence-electron chi connectivity index (χ1n) is 5.39. The van der Waals surface area contributed by atoms with E-state index in [2.05, 4.69) is 0 Å². The average molecular weight is 225 g/mol. The van der Waals surface area contributed by atoms with Crippen LogP contribution in [-0.4, -0.2) is 40.6 Å². The lowest BCUT2D eigenvalue weighted by Crippen LogP contribution is -2.36. The maximum Gasteiger partial charge on any atom is 0.115 e. The van der Waals surface area contributed by atoms with Crippen LogP contribution >= 0.6 is 0 Å². The van der Waals surface area contributed by atoms with Crippen LogP contribution in [0.15, 0.2) is 24.3 Å². The van der Waals surface area contributed by atoms with Gasteiger partial charge in [-0.15, -0.1) is 0 Å². The minimum atomic E-state index is -0.465. The van der Waals surface area contributed by atoms with Crippen molar-refractivity contribution in [3.63, 3.8) is 0 Å². The number of phenolic OH excluding ortho intramolecular Hbond substituents is 1. The second kappa shape index (κ2) is 5.72. The molecule has 2 unspecified atom stereocenters. The largest absolute Gasteiger partial charge is 0.508 e. The Hall–Kier alpha value is -1.26. The van der Waals surface area contributed by atoms with Crippen molar-refractivity contribution in [3.8, 4) is 5.75 Å². The lowest BCUT2D eigenvalue weighted by molar-refractivity contribution is 0.178. The van der Waals surface area contributed by atoms with E-state index in [1.807, 2.05) is 4.90 Å². The molecule has 0 fully saturated rings. The Labute approximate surface area is 95.8 Å². The smallest absolute Gasteiger partial charge is 0.115 e. The van der Waals surface area contributed by atoms with E-state index in [-0.39, 0.29) is 5.75 Å². The summed E-state index contributed by atoms with van der Waals surface area (Å²) in [7, 11) is 0. The van der Waals surface area contributed by atoms with Crippen molar-refractivity contribution in [2.75, 3.05) is 18.0 Å². The molecular formula is C12H19NO3. The molecule has 2 atom stereocenters. The molecule has 0 aromatic heterocycles. The number of anilines is 1. The standard InChI is InChI=1S/C12H19NO3/c1-9(14)7-13(8-10(2)15)11-3-5-12(16)6-4-11/h3-6,9-10,14-16H,7-8H2,1-2H3. The molecule has 1 rings (SSSR count). The number of benzene rings is 1. The van der Waals surface area contributed by atoms with E-state index in [1.54, 1.807) is 38.1 Å². The highest BCUT2D eigenvalue weighted by Crippen LogP contribution is 2.18. The third-order valence-corrected chi connectivity index (χ3v) is 2.18. The zero-order valence-corrected chi connectivity index (χ0v) is 9.67. The molecule has 90 valence electrons. The lowest BCUT2D eigenvalue weighted by Gasteiger charge is -2.27. The number of rotatable bonds is 5. The molecule has 1 aromatic rings. The van der Waals surface area contributed by atoms with Gasteiger partial charge in [0.15, 0.2) is 0 Å². The van der Waals surface area contributed by atoms with Crippen LogP contribution in [0.25, 0.3) is 0 Å². The normalized spacial score (nSPS) is 14.5. The van der Waals surface area contributed by atoms with Crippen LogP contribution in [0.5, 0.6) is 5.75 Å². The Balaban J connectivity index is 2.78. The van der Waals surface area contributed by atoms with E-state index in [9.17, 15) is 15.3 Å². The van der Waals surface area contributed by atoms with Crippen LogP contribution in [0.1, 0.15) is 13.8 Å². The molecule has 0 bridgehead atoms. The van der Waals surface area contributed by atoms with Gasteiger partial charge in [-0.3, -0.25) is 0 Å². The summed E-state index contributed by atoms with van der Waals surface area (Å²) in [5.74, 6) is 0.206. The molecule has 0 radical (unpaired) electrons. The van der Waals surface area contributed by atoms with Gasteiger partial charge < -0.3 is 20.2 Å². The number of hydrogen-bond acceptors (Lipinski definition) is 4. The summed E-state index contributed by atoms with van der Waals surface area (Å²) in [4.78, 5) is 1.88. The van der Waals surface area contributed by atoms with Crippen LogP contribution in [0.2, 0.25) is 0 Å². The van der Waals surface area contributed by atoms with Gasteiger partial charge in [0.1, 0.15) is 5.75 Å². The Morgan fingerprint density at radius 3 is 1.81 bits per heavy atom. The van der Waals surface area contributed by atoms with Crippen LogP contribution in [0.3, 0.4) is 0 Å². The number of nitrogens with zero attached hydrogens (tertiary/aromatic N) is 1. The topological polar surface area (TPSA) is 63.9 Å². The van der Waals surface area contributed by atoms with Gasteiger partial charge >= 0.3 is 0 Å². The van der Waals surface area contributed by atoms with Crippen molar-refractivity contribution >= 4 is 5.69 Å². The maximum atomic E-state index is 9.38. The zero-order chi connectivity index (χ0) is 12.1. The fourth-order valence-corrected chi connectivity index (χ4v) is 1.59. The summed E-state index contributed by atoms with van der Waals surface area (Å²) < 4.78 is 0. The molecule has 0 aliphatic rings. The highest BCUT2D eigenvalue weighted by atomic mass is 16.3. The number of phenols is 1. The Morgan fingerprint density at radius 2 is 1.44 bits per heavy atom. The molecule has 16 heavy (non-hydrogen) atoms. The van der Waals surface area contributed by atoms with Crippen molar-refractivity contribution in [1.82, 2.24) is 0 Å². The van der Waals surface area contributed by atoms with Crippen molar-refractivity contribution in [2.24, 2.45) is 0 Å². The summed E-state index contributed by atoms with van der Waals surface area (Å²) in [6.07, 6.45) is -0.930. The second-order valence-electron chi connectivity index (χ2n) is 4.12. The van der Waals surface area contributed by atoms with E-state index in [0.29, 0.717) is 13.1 Å². The summed E-state index contributed by atoms with van der Waals surface area (Å²) in [6.45, 7) is 4.32. The summed E-state index contributed by atoms with van der Waals surface area (Å²) in [5.41, 5.74) is 0.875. The summed E-state index contributed by atoms with van der Waals surface area (Å²) in [5, 5.41) is 27.9. The molecule has 0 saturated carbocycles. The first kappa shape index (κ1) is 12.8. The molecule has 0 aliphatic heterocycles. The fraction of sp³-hybridized carbons (Fsp3) is 0.500. The molecule has 0 spiro atoms.